The van der Waals surface area contributed by atoms with Crippen LogP contribution in [0.1, 0.15) is 16.7 Å². The first kappa shape index (κ1) is 18.2. The highest BCUT2D eigenvalue weighted by atomic mass is 19.4. The molecule has 0 N–H and O–H groups in total. The lowest BCUT2D eigenvalue weighted by atomic mass is 10.0. The van der Waals surface area contributed by atoms with Gasteiger partial charge in [0.1, 0.15) is 0 Å². The van der Waals surface area contributed by atoms with Crippen LogP contribution in [-0.4, -0.2) is 18.5 Å². The van der Waals surface area contributed by atoms with Crippen LogP contribution in [0.2, 0.25) is 0 Å². The number of fused-ring (bicyclic) bond motifs is 1. The van der Waals surface area contributed by atoms with Crippen LogP contribution in [0.3, 0.4) is 0 Å². The summed E-state index contributed by atoms with van der Waals surface area (Å²) in [7, 11) is 2.03. The molecule has 0 saturated carbocycles. The molecule has 1 nitrogen and oxygen atoms in total. The van der Waals surface area contributed by atoms with Gasteiger partial charge in [0.05, 0.1) is 5.56 Å². The van der Waals surface area contributed by atoms with Gasteiger partial charge < -0.3 is 0 Å². The van der Waals surface area contributed by atoms with Crippen LogP contribution >= 0.6 is 0 Å². The zero-order valence-corrected chi connectivity index (χ0v) is 14.5. The van der Waals surface area contributed by atoms with E-state index < -0.39 is 11.7 Å². The summed E-state index contributed by atoms with van der Waals surface area (Å²) >= 11 is 0. The largest absolute Gasteiger partial charge is 0.416 e. The first-order chi connectivity index (χ1) is 12.4. The zero-order valence-electron chi connectivity index (χ0n) is 14.5. The Kier molecular flexibility index (Phi) is 5.43. The van der Waals surface area contributed by atoms with Gasteiger partial charge in [-0.15, -0.1) is 0 Å². The van der Waals surface area contributed by atoms with E-state index in [4.69, 9.17) is 0 Å². The number of likely N-dealkylation sites (N-methyl/N-ethyl adjacent to an activating group) is 1. The highest BCUT2D eigenvalue weighted by Crippen LogP contribution is 2.29. The molecular formula is C22H20F3N. The summed E-state index contributed by atoms with van der Waals surface area (Å²) in [6.45, 7) is 1.52. The van der Waals surface area contributed by atoms with E-state index >= 15 is 0 Å². The van der Waals surface area contributed by atoms with Gasteiger partial charge in [0.15, 0.2) is 0 Å². The van der Waals surface area contributed by atoms with Crippen LogP contribution in [0.5, 0.6) is 0 Å². The minimum Gasteiger partial charge on any atom is -0.298 e. The lowest BCUT2D eigenvalue weighted by molar-refractivity contribution is -0.137. The van der Waals surface area contributed by atoms with Crippen LogP contribution in [0.4, 0.5) is 13.2 Å². The van der Waals surface area contributed by atoms with E-state index in [1.807, 2.05) is 31.3 Å². The molecule has 0 aromatic heterocycles. The fourth-order valence-corrected chi connectivity index (χ4v) is 2.94. The third-order valence-corrected chi connectivity index (χ3v) is 4.29. The Bertz CT molecular complexity index is 890. The minimum absolute atomic E-state index is 0.622. The molecule has 0 bridgehead atoms. The summed E-state index contributed by atoms with van der Waals surface area (Å²) in [6.07, 6.45) is -0.478. The molecule has 0 aliphatic heterocycles. The molecule has 3 aromatic rings. The van der Waals surface area contributed by atoms with Crippen LogP contribution in [0, 0.1) is 0 Å². The van der Waals surface area contributed by atoms with Crippen molar-refractivity contribution in [3.8, 4) is 0 Å². The topological polar surface area (TPSA) is 3.24 Å². The SMILES string of the molecule is CN(CC=Cc1ccc(C(F)(F)F)cc1)Cc1cccc2ccccc12. The normalized spacial score (nSPS) is 12.3. The molecule has 0 amide bonds. The molecule has 0 fully saturated rings. The van der Waals surface area contributed by atoms with Gasteiger partial charge in [0.25, 0.3) is 0 Å². The molecule has 134 valence electrons. The number of benzene rings is 3. The molecule has 0 spiro atoms. The Morgan fingerprint density at radius 3 is 2.31 bits per heavy atom. The van der Waals surface area contributed by atoms with Gasteiger partial charge in [0.2, 0.25) is 0 Å². The lowest BCUT2D eigenvalue weighted by Crippen LogP contribution is -2.17. The molecule has 0 radical (unpaired) electrons. The molecule has 3 aromatic carbocycles. The van der Waals surface area contributed by atoms with Crippen LogP contribution < -0.4 is 0 Å². The highest BCUT2D eigenvalue weighted by Gasteiger charge is 2.29. The number of hydrogen-bond donors (Lipinski definition) is 0. The molecule has 0 aliphatic rings. The standard InChI is InChI=1S/C22H20F3N/c1-26(16-19-9-4-8-18-7-2-3-10-21(18)19)15-5-6-17-11-13-20(14-12-17)22(23,24)25/h2-14H,15-16H2,1H3. The second-order valence-corrected chi connectivity index (χ2v) is 6.36. The van der Waals surface area contributed by atoms with E-state index in [9.17, 15) is 13.2 Å². The van der Waals surface area contributed by atoms with Gasteiger partial charge in [-0.2, -0.15) is 13.2 Å². The molecule has 26 heavy (non-hydrogen) atoms. The summed E-state index contributed by atoms with van der Waals surface area (Å²) in [6, 6.07) is 19.8. The molecule has 3 rings (SSSR count). The van der Waals surface area contributed by atoms with Gasteiger partial charge in [0, 0.05) is 13.1 Å². The van der Waals surface area contributed by atoms with Gasteiger partial charge in [-0.05, 0) is 41.1 Å². The Morgan fingerprint density at radius 2 is 1.58 bits per heavy atom. The predicted molar refractivity (Wildman–Crippen MR) is 101 cm³/mol. The highest BCUT2D eigenvalue weighted by molar-refractivity contribution is 5.85. The minimum atomic E-state index is -4.29. The fourth-order valence-electron chi connectivity index (χ4n) is 2.94. The maximum absolute atomic E-state index is 12.6. The van der Waals surface area contributed by atoms with E-state index in [1.165, 1.54) is 28.5 Å². The van der Waals surface area contributed by atoms with Crippen molar-refractivity contribution < 1.29 is 13.2 Å². The maximum atomic E-state index is 12.6. The lowest BCUT2D eigenvalue weighted by Gasteiger charge is -2.16. The Morgan fingerprint density at radius 1 is 0.885 bits per heavy atom. The fraction of sp³-hybridized carbons (Fsp3) is 0.182. The number of alkyl halides is 3. The summed E-state index contributed by atoms with van der Waals surface area (Å²) < 4.78 is 37.7. The number of nitrogens with zero attached hydrogens (tertiary/aromatic N) is 1. The summed E-state index contributed by atoms with van der Waals surface area (Å²) in [5.74, 6) is 0. The Balaban J connectivity index is 1.61. The smallest absolute Gasteiger partial charge is 0.298 e. The van der Waals surface area contributed by atoms with E-state index in [-0.39, 0.29) is 0 Å². The predicted octanol–water partition coefficient (Wildman–Crippen LogP) is 6.00. The van der Waals surface area contributed by atoms with E-state index in [0.717, 1.165) is 24.2 Å². The van der Waals surface area contributed by atoms with Crippen LogP contribution in [0.15, 0.2) is 72.8 Å². The second kappa shape index (κ2) is 7.75. The molecule has 0 saturated heterocycles. The second-order valence-electron chi connectivity index (χ2n) is 6.36. The summed E-state index contributed by atoms with van der Waals surface area (Å²) in [5, 5.41) is 2.47. The maximum Gasteiger partial charge on any atom is 0.416 e. The number of rotatable bonds is 5. The Labute approximate surface area is 151 Å². The number of halogens is 3. The van der Waals surface area contributed by atoms with Crippen molar-refractivity contribution in [2.75, 3.05) is 13.6 Å². The van der Waals surface area contributed by atoms with Crippen LogP contribution in [0.25, 0.3) is 16.8 Å². The molecule has 0 aliphatic carbocycles. The monoisotopic (exact) mass is 355 g/mol. The molecule has 0 heterocycles. The van der Waals surface area contributed by atoms with Crippen molar-refractivity contribution >= 4 is 16.8 Å². The average molecular weight is 355 g/mol. The van der Waals surface area contributed by atoms with Crippen molar-refractivity contribution in [2.45, 2.75) is 12.7 Å². The summed E-state index contributed by atoms with van der Waals surface area (Å²) in [4.78, 5) is 2.17. The van der Waals surface area contributed by atoms with Crippen molar-refractivity contribution in [3.05, 3.63) is 89.5 Å². The van der Waals surface area contributed by atoms with Gasteiger partial charge >= 0.3 is 6.18 Å². The quantitative estimate of drug-likeness (QED) is 0.542. The average Bonchev–Trinajstić information content (AvgIpc) is 2.62. The Hall–Kier alpha value is -2.59. The van der Waals surface area contributed by atoms with Gasteiger partial charge in [-0.25, -0.2) is 0 Å². The molecular weight excluding hydrogens is 335 g/mol. The van der Waals surface area contributed by atoms with Crippen molar-refractivity contribution in [1.29, 1.82) is 0 Å². The number of hydrogen-bond acceptors (Lipinski definition) is 1. The van der Waals surface area contributed by atoms with Gasteiger partial charge in [-0.1, -0.05) is 66.7 Å². The van der Waals surface area contributed by atoms with E-state index in [0.29, 0.717) is 6.54 Å². The first-order valence-corrected chi connectivity index (χ1v) is 8.42. The van der Waals surface area contributed by atoms with Crippen LogP contribution in [-0.2, 0) is 12.7 Å². The van der Waals surface area contributed by atoms with E-state index in [2.05, 4.69) is 35.2 Å². The van der Waals surface area contributed by atoms with Crippen molar-refractivity contribution in [3.63, 3.8) is 0 Å². The van der Waals surface area contributed by atoms with Crippen molar-refractivity contribution in [2.24, 2.45) is 0 Å². The molecule has 0 unspecified atom stereocenters. The third-order valence-electron chi connectivity index (χ3n) is 4.29. The zero-order chi connectivity index (χ0) is 18.6. The third kappa shape index (κ3) is 4.52. The van der Waals surface area contributed by atoms with Crippen molar-refractivity contribution in [1.82, 2.24) is 4.90 Å². The summed E-state index contributed by atoms with van der Waals surface area (Å²) in [5.41, 5.74) is 1.40. The molecule has 0 atom stereocenters. The van der Waals surface area contributed by atoms with E-state index in [1.54, 1.807) is 0 Å². The first-order valence-electron chi connectivity index (χ1n) is 8.42. The van der Waals surface area contributed by atoms with Gasteiger partial charge in [-0.3, -0.25) is 4.90 Å². The molecule has 4 heteroatoms.